The summed E-state index contributed by atoms with van der Waals surface area (Å²) in [6, 6.07) is 19.2. The quantitative estimate of drug-likeness (QED) is 0.781. The van der Waals surface area contributed by atoms with E-state index in [0.717, 1.165) is 11.1 Å². The Balaban J connectivity index is 2.41. The second-order valence-corrected chi connectivity index (χ2v) is 4.59. The van der Waals surface area contributed by atoms with Crippen LogP contribution in [0.1, 0.15) is 17.0 Å². The lowest BCUT2D eigenvalue weighted by Crippen LogP contribution is -2.44. The second kappa shape index (κ2) is 6.73. The van der Waals surface area contributed by atoms with Crippen molar-refractivity contribution in [1.82, 2.24) is 5.32 Å². The minimum absolute atomic E-state index is 0.0986. The van der Waals surface area contributed by atoms with E-state index in [1.165, 1.54) is 0 Å². The van der Waals surface area contributed by atoms with Gasteiger partial charge < -0.3 is 16.2 Å². The van der Waals surface area contributed by atoms with Crippen LogP contribution < -0.4 is 11.1 Å². The van der Waals surface area contributed by atoms with Crippen LogP contribution in [0, 0.1) is 0 Å². The van der Waals surface area contributed by atoms with Crippen LogP contribution >= 0.6 is 0 Å². The maximum atomic E-state index is 11.0. The molecule has 0 radical (unpaired) electrons. The highest BCUT2D eigenvalue weighted by atomic mass is 16.4. The molecule has 2 aromatic rings. The number of amides is 1. The largest absolute Gasteiger partial charge is 0.465 e. The molecule has 0 fully saturated rings. The number of hydrogen-bond acceptors (Lipinski definition) is 2. The van der Waals surface area contributed by atoms with Crippen LogP contribution in [0.15, 0.2) is 60.7 Å². The highest BCUT2D eigenvalue weighted by Crippen LogP contribution is 2.27. The molecule has 0 aliphatic heterocycles. The molecule has 0 aliphatic rings. The Kier molecular flexibility index (Phi) is 4.74. The molecule has 4 N–H and O–H groups in total. The normalized spacial score (nSPS) is 12.1. The number of carbonyl (C=O) groups is 1. The molecule has 0 bridgehead atoms. The Morgan fingerprint density at radius 3 is 1.80 bits per heavy atom. The summed E-state index contributed by atoms with van der Waals surface area (Å²) in [5.41, 5.74) is 7.86. The van der Waals surface area contributed by atoms with Crippen molar-refractivity contribution in [2.75, 3.05) is 6.54 Å². The third-order valence-electron chi connectivity index (χ3n) is 3.28. The Morgan fingerprint density at radius 2 is 1.45 bits per heavy atom. The van der Waals surface area contributed by atoms with Gasteiger partial charge in [0.25, 0.3) is 0 Å². The van der Waals surface area contributed by atoms with Crippen molar-refractivity contribution in [3.8, 4) is 0 Å². The van der Waals surface area contributed by atoms with Gasteiger partial charge in [0.2, 0.25) is 0 Å². The molecule has 4 heteroatoms. The van der Waals surface area contributed by atoms with Gasteiger partial charge in [-0.3, -0.25) is 0 Å². The zero-order valence-electron chi connectivity index (χ0n) is 11.1. The van der Waals surface area contributed by atoms with Gasteiger partial charge in [-0.2, -0.15) is 0 Å². The smallest absolute Gasteiger partial charge is 0.404 e. The first kappa shape index (κ1) is 14.1. The van der Waals surface area contributed by atoms with Crippen LogP contribution in [0.4, 0.5) is 4.79 Å². The second-order valence-electron chi connectivity index (χ2n) is 4.59. The Bertz CT molecular complexity index is 503. The van der Waals surface area contributed by atoms with Gasteiger partial charge in [0.05, 0.1) is 6.04 Å². The SMILES string of the molecule is NCC(NC(=O)O)C(c1ccccc1)c1ccccc1. The van der Waals surface area contributed by atoms with Gasteiger partial charge in [0, 0.05) is 12.5 Å². The van der Waals surface area contributed by atoms with Crippen LogP contribution in [0.5, 0.6) is 0 Å². The fourth-order valence-corrected chi connectivity index (χ4v) is 2.41. The van der Waals surface area contributed by atoms with Gasteiger partial charge in [-0.05, 0) is 11.1 Å². The van der Waals surface area contributed by atoms with Crippen LogP contribution in [-0.4, -0.2) is 23.8 Å². The molecule has 1 atom stereocenters. The third kappa shape index (κ3) is 3.36. The Hall–Kier alpha value is -2.33. The average molecular weight is 270 g/mol. The van der Waals surface area contributed by atoms with Crippen LogP contribution in [0.3, 0.4) is 0 Å². The maximum Gasteiger partial charge on any atom is 0.404 e. The molecule has 1 amide bonds. The summed E-state index contributed by atoms with van der Waals surface area (Å²) in [5.74, 6) is -0.0986. The molecule has 2 aromatic carbocycles. The summed E-state index contributed by atoms with van der Waals surface area (Å²) >= 11 is 0. The van der Waals surface area contributed by atoms with Crippen molar-refractivity contribution in [3.63, 3.8) is 0 Å². The van der Waals surface area contributed by atoms with Crippen molar-refractivity contribution in [1.29, 1.82) is 0 Å². The number of hydrogen-bond donors (Lipinski definition) is 3. The summed E-state index contributed by atoms with van der Waals surface area (Å²) < 4.78 is 0. The summed E-state index contributed by atoms with van der Waals surface area (Å²) in [5, 5.41) is 11.5. The zero-order chi connectivity index (χ0) is 14.4. The molecule has 1 unspecified atom stereocenters. The first-order valence-corrected chi connectivity index (χ1v) is 6.51. The topological polar surface area (TPSA) is 75.3 Å². The monoisotopic (exact) mass is 270 g/mol. The maximum absolute atomic E-state index is 11.0. The zero-order valence-corrected chi connectivity index (χ0v) is 11.1. The standard InChI is InChI=1S/C16H18N2O2/c17-11-14(18-16(19)20)15(12-7-3-1-4-8-12)13-9-5-2-6-10-13/h1-10,14-15,18H,11,17H2,(H,19,20). The molecular formula is C16H18N2O2. The lowest BCUT2D eigenvalue weighted by Gasteiger charge is -2.27. The molecule has 2 rings (SSSR count). The van der Waals surface area contributed by atoms with Gasteiger partial charge in [-0.15, -0.1) is 0 Å². The van der Waals surface area contributed by atoms with E-state index in [1.807, 2.05) is 60.7 Å². The van der Waals surface area contributed by atoms with Gasteiger partial charge >= 0.3 is 6.09 Å². The van der Waals surface area contributed by atoms with Crippen molar-refractivity contribution in [2.24, 2.45) is 5.73 Å². The van der Waals surface area contributed by atoms with Gasteiger partial charge in [0.15, 0.2) is 0 Å². The molecule has 20 heavy (non-hydrogen) atoms. The van der Waals surface area contributed by atoms with E-state index in [2.05, 4.69) is 5.32 Å². The van der Waals surface area contributed by atoms with E-state index in [9.17, 15) is 4.79 Å². The van der Waals surface area contributed by atoms with E-state index in [-0.39, 0.29) is 18.5 Å². The molecule has 0 aliphatic carbocycles. The molecular weight excluding hydrogens is 252 g/mol. The number of carboxylic acid groups (broad SMARTS) is 1. The summed E-state index contributed by atoms with van der Waals surface area (Å²) in [4.78, 5) is 11.0. The van der Waals surface area contributed by atoms with E-state index < -0.39 is 6.09 Å². The van der Waals surface area contributed by atoms with Crippen LogP contribution in [-0.2, 0) is 0 Å². The summed E-state index contributed by atoms with van der Waals surface area (Å²) in [6.07, 6.45) is -1.06. The summed E-state index contributed by atoms with van der Waals surface area (Å²) in [7, 11) is 0. The lowest BCUT2D eigenvalue weighted by molar-refractivity contribution is 0.189. The highest BCUT2D eigenvalue weighted by Gasteiger charge is 2.25. The fraction of sp³-hybridized carbons (Fsp3) is 0.188. The van der Waals surface area contributed by atoms with E-state index in [4.69, 9.17) is 10.8 Å². The average Bonchev–Trinajstić information content (AvgIpc) is 2.48. The van der Waals surface area contributed by atoms with Crippen molar-refractivity contribution >= 4 is 6.09 Å². The molecule has 4 nitrogen and oxygen atoms in total. The van der Waals surface area contributed by atoms with Crippen LogP contribution in [0.25, 0.3) is 0 Å². The molecule has 104 valence electrons. The highest BCUT2D eigenvalue weighted by molar-refractivity contribution is 5.65. The first-order valence-electron chi connectivity index (χ1n) is 6.51. The van der Waals surface area contributed by atoms with E-state index >= 15 is 0 Å². The molecule has 0 aromatic heterocycles. The van der Waals surface area contributed by atoms with Gasteiger partial charge in [-0.25, -0.2) is 4.79 Å². The minimum atomic E-state index is -1.06. The Labute approximate surface area is 118 Å². The van der Waals surface area contributed by atoms with Crippen molar-refractivity contribution in [2.45, 2.75) is 12.0 Å². The van der Waals surface area contributed by atoms with Crippen LogP contribution in [0.2, 0.25) is 0 Å². The van der Waals surface area contributed by atoms with Gasteiger partial charge in [-0.1, -0.05) is 60.7 Å². The molecule has 0 saturated carbocycles. The summed E-state index contributed by atoms with van der Waals surface area (Å²) in [6.45, 7) is 0.237. The van der Waals surface area contributed by atoms with E-state index in [1.54, 1.807) is 0 Å². The van der Waals surface area contributed by atoms with E-state index in [0.29, 0.717) is 0 Å². The predicted octanol–water partition coefficient (Wildman–Crippen LogP) is 2.41. The number of nitrogens with two attached hydrogens (primary N) is 1. The number of nitrogens with one attached hydrogen (secondary N) is 1. The third-order valence-corrected chi connectivity index (χ3v) is 3.28. The molecule has 0 heterocycles. The lowest BCUT2D eigenvalue weighted by atomic mass is 9.85. The first-order chi connectivity index (χ1) is 9.72. The molecule has 0 saturated heterocycles. The Morgan fingerprint density at radius 1 is 1.00 bits per heavy atom. The van der Waals surface area contributed by atoms with Crippen molar-refractivity contribution < 1.29 is 9.90 Å². The molecule has 0 spiro atoms. The number of benzene rings is 2. The predicted molar refractivity (Wildman–Crippen MR) is 78.7 cm³/mol. The minimum Gasteiger partial charge on any atom is -0.465 e. The fourth-order valence-electron chi connectivity index (χ4n) is 2.41. The number of rotatable bonds is 5. The van der Waals surface area contributed by atoms with Gasteiger partial charge in [0.1, 0.15) is 0 Å². The van der Waals surface area contributed by atoms with Crippen molar-refractivity contribution in [3.05, 3.63) is 71.8 Å².